The fourth-order valence-electron chi connectivity index (χ4n) is 3.15. The van der Waals surface area contributed by atoms with Gasteiger partial charge in [0.2, 0.25) is 0 Å². The second-order valence-electron chi connectivity index (χ2n) is 6.47. The zero-order chi connectivity index (χ0) is 17.3. The van der Waals surface area contributed by atoms with Crippen molar-refractivity contribution in [3.8, 4) is 0 Å². The number of fused-ring (bicyclic) bond motifs is 1. The number of carbonyl (C=O) groups excluding carboxylic acids is 1. The summed E-state index contributed by atoms with van der Waals surface area (Å²) in [6.45, 7) is 10.2. The van der Waals surface area contributed by atoms with Crippen LogP contribution in [0.5, 0.6) is 0 Å². The van der Waals surface area contributed by atoms with Crippen LogP contribution >= 0.6 is 0 Å². The van der Waals surface area contributed by atoms with Crippen LogP contribution in [0, 0.1) is 20.8 Å². The highest BCUT2D eigenvalue weighted by Gasteiger charge is 2.23. The zero-order valence-electron chi connectivity index (χ0n) is 14.9. The first kappa shape index (κ1) is 16.5. The van der Waals surface area contributed by atoms with E-state index in [-0.39, 0.29) is 6.03 Å². The smallest absolute Gasteiger partial charge is 0.317 e. The van der Waals surface area contributed by atoms with Gasteiger partial charge in [0.1, 0.15) is 5.82 Å². The highest BCUT2D eigenvalue weighted by molar-refractivity contribution is 5.74. The Labute approximate surface area is 142 Å². The van der Waals surface area contributed by atoms with E-state index >= 15 is 0 Å². The van der Waals surface area contributed by atoms with Gasteiger partial charge in [0, 0.05) is 43.0 Å². The van der Waals surface area contributed by atoms with Gasteiger partial charge >= 0.3 is 6.03 Å². The number of aryl methyl sites for hydroxylation is 3. The fourth-order valence-corrected chi connectivity index (χ4v) is 3.15. The Morgan fingerprint density at radius 2 is 2.00 bits per heavy atom. The molecule has 1 saturated heterocycles. The van der Waals surface area contributed by atoms with Gasteiger partial charge in [-0.05, 0) is 40.5 Å². The average Bonchev–Trinajstić information content (AvgIpc) is 2.84. The molecule has 7 nitrogen and oxygen atoms in total. The van der Waals surface area contributed by atoms with Crippen molar-refractivity contribution in [3.05, 3.63) is 23.0 Å². The number of carbonyl (C=O) groups is 1. The minimum absolute atomic E-state index is 0.0384. The molecule has 0 bridgehead atoms. The van der Waals surface area contributed by atoms with E-state index in [2.05, 4.69) is 27.6 Å². The minimum Gasteiger partial charge on any atom is -0.367 e. The number of hydrogen-bond donors (Lipinski definition) is 2. The molecule has 3 rings (SSSR count). The lowest BCUT2D eigenvalue weighted by Gasteiger charge is -2.32. The largest absolute Gasteiger partial charge is 0.367 e. The number of aromatic nitrogens is 3. The molecule has 0 unspecified atom stereocenters. The Morgan fingerprint density at radius 3 is 2.67 bits per heavy atom. The summed E-state index contributed by atoms with van der Waals surface area (Å²) in [5.41, 5.74) is 4.01. The fraction of sp³-hybridized carbons (Fsp3) is 0.588. The van der Waals surface area contributed by atoms with Gasteiger partial charge in [0.25, 0.3) is 0 Å². The SMILES string of the molecule is CCNC(=O)N1CCC(Nc2cc(C)nc3c(C)c(C)nn23)CC1. The molecule has 130 valence electrons. The summed E-state index contributed by atoms with van der Waals surface area (Å²) in [4.78, 5) is 18.4. The first-order valence-corrected chi connectivity index (χ1v) is 8.62. The average molecular weight is 330 g/mol. The van der Waals surface area contributed by atoms with Crippen molar-refractivity contribution in [2.45, 2.75) is 46.6 Å². The Bertz CT molecular complexity index is 745. The Balaban J connectivity index is 1.73. The van der Waals surface area contributed by atoms with Gasteiger partial charge in [0.05, 0.1) is 5.69 Å². The van der Waals surface area contributed by atoms with Crippen molar-refractivity contribution >= 4 is 17.5 Å². The van der Waals surface area contributed by atoms with Gasteiger partial charge < -0.3 is 15.5 Å². The molecule has 2 aromatic heterocycles. The van der Waals surface area contributed by atoms with Crippen LogP contribution in [0.1, 0.15) is 36.7 Å². The summed E-state index contributed by atoms with van der Waals surface area (Å²) in [6, 6.07) is 2.41. The number of amides is 2. The number of hydrogen-bond acceptors (Lipinski definition) is 4. The van der Waals surface area contributed by atoms with Crippen LogP contribution in [0.4, 0.5) is 10.6 Å². The van der Waals surface area contributed by atoms with Crippen molar-refractivity contribution in [3.63, 3.8) is 0 Å². The molecule has 2 aromatic rings. The third-order valence-electron chi connectivity index (χ3n) is 4.65. The predicted octanol–water partition coefficient (Wildman–Crippen LogP) is 2.26. The maximum absolute atomic E-state index is 11.9. The van der Waals surface area contributed by atoms with Crippen LogP contribution in [-0.2, 0) is 0 Å². The molecule has 3 heterocycles. The van der Waals surface area contributed by atoms with E-state index in [9.17, 15) is 4.79 Å². The second kappa shape index (κ2) is 6.67. The van der Waals surface area contributed by atoms with E-state index in [1.807, 2.05) is 36.3 Å². The number of urea groups is 1. The molecule has 1 fully saturated rings. The third kappa shape index (κ3) is 3.16. The monoisotopic (exact) mass is 330 g/mol. The third-order valence-corrected chi connectivity index (χ3v) is 4.65. The van der Waals surface area contributed by atoms with E-state index in [0.29, 0.717) is 12.6 Å². The lowest BCUT2D eigenvalue weighted by Crippen LogP contribution is -2.46. The van der Waals surface area contributed by atoms with Crippen molar-refractivity contribution < 1.29 is 4.79 Å². The standard InChI is InChI=1S/C17H26N6O/c1-5-18-17(24)22-8-6-14(7-9-22)20-15-10-11(2)19-16-12(3)13(4)21-23(15)16/h10,14,20H,5-9H2,1-4H3,(H,18,24). The molecule has 2 N–H and O–H groups in total. The highest BCUT2D eigenvalue weighted by Crippen LogP contribution is 2.21. The van der Waals surface area contributed by atoms with Crippen molar-refractivity contribution in [2.75, 3.05) is 25.0 Å². The minimum atomic E-state index is 0.0384. The molecule has 7 heteroatoms. The van der Waals surface area contributed by atoms with Crippen LogP contribution < -0.4 is 10.6 Å². The van der Waals surface area contributed by atoms with Crippen molar-refractivity contribution in [1.82, 2.24) is 24.8 Å². The summed E-state index contributed by atoms with van der Waals surface area (Å²) in [5, 5.41) is 11.1. The molecule has 0 aromatic carbocycles. The summed E-state index contributed by atoms with van der Waals surface area (Å²) in [6.07, 6.45) is 1.86. The van der Waals surface area contributed by atoms with E-state index in [0.717, 1.165) is 54.3 Å². The molecular formula is C17H26N6O. The first-order valence-electron chi connectivity index (χ1n) is 8.62. The number of nitrogens with zero attached hydrogens (tertiary/aromatic N) is 4. The molecule has 0 radical (unpaired) electrons. The van der Waals surface area contributed by atoms with Gasteiger partial charge in [-0.15, -0.1) is 0 Å². The molecule has 0 aliphatic carbocycles. The van der Waals surface area contributed by atoms with Gasteiger partial charge in [-0.25, -0.2) is 9.78 Å². The van der Waals surface area contributed by atoms with Gasteiger partial charge in [-0.1, -0.05) is 0 Å². The van der Waals surface area contributed by atoms with Crippen LogP contribution in [0.3, 0.4) is 0 Å². The van der Waals surface area contributed by atoms with E-state index < -0.39 is 0 Å². The van der Waals surface area contributed by atoms with Gasteiger partial charge in [-0.3, -0.25) is 0 Å². The number of anilines is 1. The number of rotatable bonds is 3. The molecule has 1 aliphatic heterocycles. The molecule has 0 atom stereocenters. The lowest BCUT2D eigenvalue weighted by molar-refractivity contribution is 0.184. The summed E-state index contributed by atoms with van der Waals surface area (Å²) >= 11 is 0. The van der Waals surface area contributed by atoms with E-state index in [4.69, 9.17) is 0 Å². The quantitative estimate of drug-likeness (QED) is 0.905. The highest BCUT2D eigenvalue weighted by atomic mass is 16.2. The maximum atomic E-state index is 11.9. The molecule has 0 saturated carbocycles. The summed E-state index contributed by atoms with van der Waals surface area (Å²) in [7, 11) is 0. The Morgan fingerprint density at radius 1 is 1.29 bits per heavy atom. The number of nitrogens with one attached hydrogen (secondary N) is 2. The maximum Gasteiger partial charge on any atom is 0.317 e. The lowest BCUT2D eigenvalue weighted by atomic mass is 10.1. The molecule has 1 aliphatic rings. The first-order chi connectivity index (χ1) is 11.5. The molecule has 2 amide bonds. The van der Waals surface area contributed by atoms with E-state index in [1.54, 1.807) is 0 Å². The van der Waals surface area contributed by atoms with Gasteiger partial charge in [0.15, 0.2) is 5.65 Å². The summed E-state index contributed by atoms with van der Waals surface area (Å²) in [5.74, 6) is 0.977. The van der Waals surface area contributed by atoms with Crippen molar-refractivity contribution in [1.29, 1.82) is 0 Å². The number of likely N-dealkylation sites (tertiary alicyclic amines) is 1. The van der Waals surface area contributed by atoms with Crippen LogP contribution in [0.25, 0.3) is 5.65 Å². The molecule has 0 spiro atoms. The Hall–Kier alpha value is -2.31. The molecular weight excluding hydrogens is 304 g/mol. The van der Waals surface area contributed by atoms with Gasteiger partial charge in [-0.2, -0.15) is 9.61 Å². The zero-order valence-corrected chi connectivity index (χ0v) is 14.9. The Kier molecular flexibility index (Phi) is 4.59. The topological polar surface area (TPSA) is 74.6 Å². The van der Waals surface area contributed by atoms with Crippen molar-refractivity contribution in [2.24, 2.45) is 0 Å². The number of piperidine rings is 1. The predicted molar refractivity (Wildman–Crippen MR) is 94.5 cm³/mol. The van der Waals surface area contributed by atoms with Crippen LogP contribution in [-0.4, -0.2) is 51.2 Å². The normalized spacial score (nSPS) is 15.8. The second-order valence-corrected chi connectivity index (χ2v) is 6.47. The van der Waals surface area contributed by atoms with E-state index in [1.165, 1.54) is 0 Å². The molecule has 24 heavy (non-hydrogen) atoms. The van der Waals surface area contributed by atoms with Crippen LogP contribution in [0.2, 0.25) is 0 Å². The van der Waals surface area contributed by atoms with Crippen LogP contribution in [0.15, 0.2) is 6.07 Å². The summed E-state index contributed by atoms with van der Waals surface area (Å²) < 4.78 is 1.90.